The third-order valence-electron chi connectivity index (χ3n) is 3.52. The SMILES string of the molecule is O=CC1CN=Cc2ccccc2N1Cc1ccccc1. The third-order valence-corrected chi connectivity index (χ3v) is 3.52. The van der Waals surface area contributed by atoms with Crippen molar-refractivity contribution in [2.75, 3.05) is 11.4 Å². The molecule has 0 fully saturated rings. The molecule has 0 saturated heterocycles. The van der Waals surface area contributed by atoms with E-state index in [2.05, 4.69) is 22.0 Å². The largest absolute Gasteiger partial charge is 0.355 e. The number of rotatable bonds is 3. The minimum Gasteiger partial charge on any atom is -0.355 e. The summed E-state index contributed by atoms with van der Waals surface area (Å²) < 4.78 is 0. The van der Waals surface area contributed by atoms with E-state index in [4.69, 9.17) is 0 Å². The van der Waals surface area contributed by atoms with Crippen molar-refractivity contribution in [1.29, 1.82) is 0 Å². The molecule has 1 heterocycles. The van der Waals surface area contributed by atoms with Gasteiger partial charge < -0.3 is 9.69 Å². The first-order valence-corrected chi connectivity index (χ1v) is 6.73. The summed E-state index contributed by atoms with van der Waals surface area (Å²) in [4.78, 5) is 17.9. The van der Waals surface area contributed by atoms with Crippen LogP contribution in [-0.2, 0) is 11.3 Å². The second-order valence-corrected chi connectivity index (χ2v) is 4.87. The van der Waals surface area contributed by atoms with Crippen LogP contribution in [0.4, 0.5) is 5.69 Å². The van der Waals surface area contributed by atoms with Crippen molar-refractivity contribution in [2.24, 2.45) is 4.99 Å². The summed E-state index contributed by atoms with van der Waals surface area (Å²) >= 11 is 0. The molecule has 0 saturated carbocycles. The predicted octanol–water partition coefficient (Wildman–Crippen LogP) is 2.69. The Labute approximate surface area is 118 Å². The average molecular weight is 264 g/mol. The lowest BCUT2D eigenvalue weighted by Crippen LogP contribution is -2.38. The quantitative estimate of drug-likeness (QED) is 0.798. The maximum absolute atomic E-state index is 11.4. The van der Waals surface area contributed by atoms with Gasteiger partial charge >= 0.3 is 0 Å². The molecule has 0 aromatic heterocycles. The number of nitrogens with zero attached hydrogens (tertiary/aromatic N) is 2. The standard InChI is InChI=1S/C17H16N2O/c20-13-16-11-18-10-15-8-4-5-9-17(15)19(16)12-14-6-2-1-3-7-14/h1-10,13,16H,11-12H2. The number of anilines is 1. The Morgan fingerprint density at radius 1 is 1.10 bits per heavy atom. The van der Waals surface area contributed by atoms with Crippen LogP contribution in [0.1, 0.15) is 11.1 Å². The number of hydrogen-bond acceptors (Lipinski definition) is 3. The highest BCUT2D eigenvalue weighted by Crippen LogP contribution is 2.25. The molecule has 0 N–H and O–H groups in total. The lowest BCUT2D eigenvalue weighted by molar-refractivity contribution is -0.108. The molecule has 0 bridgehead atoms. The van der Waals surface area contributed by atoms with Gasteiger partial charge in [0.2, 0.25) is 0 Å². The van der Waals surface area contributed by atoms with Gasteiger partial charge in [0.25, 0.3) is 0 Å². The Bertz CT molecular complexity index is 622. The Morgan fingerprint density at radius 3 is 2.65 bits per heavy atom. The number of para-hydroxylation sites is 1. The van der Waals surface area contributed by atoms with Crippen LogP contribution >= 0.6 is 0 Å². The molecule has 1 aliphatic rings. The number of aldehydes is 1. The topological polar surface area (TPSA) is 32.7 Å². The number of hydrogen-bond donors (Lipinski definition) is 0. The van der Waals surface area contributed by atoms with Crippen LogP contribution in [0.25, 0.3) is 0 Å². The number of carbonyl (C=O) groups excluding carboxylic acids is 1. The molecule has 1 aliphatic heterocycles. The second-order valence-electron chi connectivity index (χ2n) is 4.87. The highest BCUT2D eigenvalue weighted by molar-refractivity contribution is 5.90. The Morgan fingerprint density at radius 2 is 1.85 bits per heavy atom. The molecule has 100 valence electrons. The van der Waals surface area contributed by atoms with E-state index in [9.17, 15) is 4.79 Å². The fourth-order valence-electron chi connectivity index (χ4n) is 2.49. The summed E-state index contributed by atoms with van der Waals surface area (Å²) in [5.74, 6) is 0. The van der Waals surface area contributed by atoms with Crippen LogP contribution in [0.5, 0.6) is 0 Å². The first-order chi connectivity index (χ1) is 9.88. The van der Waals surface area contributed by atoms with Crippen LogP contribution in [0, 0.1) is 0 Å². The number of carbonyl (C=O) groups is 1. The van der Waals surface area contributed by atoms with Crippen molar-refractivity contribution >= 4 is 18.2 Å². The number of benzodiazepines with no additional fused rings is 1. The summed E-state index contributed by atoms with van der Waals surface area (Å²) in [6.45, 7) is 1.22. The zero-order valence-corrected chi connectivity index (χ0v) is 11.1. The fraction of sp³-hybridized carbons (Fsp3) is 0.176. The van der Waals surface area contributed by atoms with Crippen molar-refractivity contribution in [3.63, 3.8) is 0 Å². The van der Waals surface area contributed by atoms with Crippen LogP contribution in [-0.4, -0.2) is 25.1 Å². The molecule has 3 rings (SSSR count). The van der Waals surface area contributed by atoms with Gasteiger partial charge in [-0.05, 0) is 11.6 Å². The van der Waals surface area contributed by atoms with Gasteiger partial charge in [-0.1, -0.05) is 48.5 Å². The molecule has 0 radical (unpaired) electrons. The van der Waals surface area contributed by atoms with Crippen molar-refractivity contribution in [1.82, 2.24) is 0 Å². The van der Waals surface area contributed by atoms with Gasteiger partial charge in [0.15, 0.2) is 0 Å². The molecule has 1 atom stereocenters. The van der Waals surface area contributed by atoms with Gasteiger partial charge in [0.1, 0.15) is 12.3 Å². The van der Waals surface area contributed by atoms with E-state index in [1.165, 1.54) is 5.56 Å². The van der Waals surface area contributed by atoms with E-state index < -0.39 is 0 Å². The van der Waals surface area contributed by atoms with Gasteiger partial charge in [-0.25, -0.2) is 0 Å². The number of aliphatic imine (C=N–C) groups is 1. The third kappa shape index (κ3) is 2.48. The maximum atomic E-state index is 11.4. The molecule has 1 unspecified atom stereocenters. The minimum absolute atomic E-state index is 0.213. The minimum atomic E-state index is -0.213. The Kier molecular flexibility index (Phi) is 3.59. The Hall–Kier alpha value is -2.42. The highest BCUT2D eigenvalue weighted by atomic mass is 16.1. The van der Waals surface area contributed by atoms with Crippen LogP contribution < -0.4 is 4.90 Å². The smallest absolute Gasteiger partial charge is 0.144 e. The first kappa shape index (κ1) is 12.6. The predicted molar refractivity (Wildman–Crippen MR) is 81.4 cm³/mol. The molecular weight excluding hydrogens is 248 g/mol. The normalized spacial score (nSPS) is 17.4. The van der Waals surface area contributed by atoms with Gasteiger partial charge in [-0.2, -0.15) is 0 Å². The fourth-order valence-corrected chi connectivity index (χ4v) is 2.49. The van der Waals surface area contributed by atoms with E-state index in [1.54, 1.807) is 0 Å². The lowest BCUT2D eigenvalue weighted by atomic mass is 10.1. The zero-order valence-electron chi connectivity index (χ0n) is 11.1. The van der Waals surface area contributed by atoms with Crippen molar-refractivity contribution in [3.8, 4) is 0 Å². The average Bonchev–Trinajstić information content (AvgIpc) is 2.68. The molecular formula is C17H16N2O. The molecule has 2 aromatic rings. The molecule has 0 amide bonds. The van der Waals surface area contributed by atoms with Crippen molar-refractivity contribution in [2.45, 2.75) is 12.6 Å². The first-order valence-electron chi connectivity index (χ1n) is 6.73. The Balaban J connectivity index is 1.99. The summed E-state index contributed by atoms with van der Waals surface area (Å²) in [7, 11) is 0. The van der Waals surface area contributed by atoms with Gasteiger partial charge in [-0.15, -0.1) is 0 Å². The van der Waals surface area contributed by atoms with Crippen molar-refractivity contribution < 1.29 is 4.79 Å². The van der Waals surface area contributed by atoms with E-state index in [1.807, 2.05) is 48.7 Å². The van der Waals surface area contributed by atoms with E-state index in [-0.39, 0.29) is 6.04 Å². The monoisotopic (exact) mass is 264 g/mol. The van der Waals surface area contributed by atoms with E-state index in [0.717, 1.165) is 17.5 Å². The summed E-state index contributed by atoms with van der Waals surface area (Å²) in [6, 6.07) is 18.1. The van der Waals surface area contributed by atoms with Gasteiger partial charge in [-0.3, -0.25) is 4.99 Å². The zero-order chi connectivity index (χ0) is 13.8. The summed E-state index contributed by atoms with van der Waals surface area (Å²) in [5, 5.41) is 0. The second kappa shape index (κ2) is 5.70. The van der Waals surface area contributed by atoms with E-state index >= 15 is 0 Å². The molecule has 0 spiro atoms. The molecule has 20 heavy (non-hydrogen) atoms. The van der Waals surface area contributed by atoms with Crippen LogP contribution in [0.2, 0.25) is 0 Å². The molecule has 2 aromatic carbocycles. The summed E-state index contributed by atoms with van der Waals surface area (Å²) in [6.07, 6.45) is 2.85. The van der Waals surface area contributed by atoms with Gasteiger partial charge in [0.05, 0.1) is 6.54 Å². The number of benzene rings is 2. The highest BCUT2D eigenvalue weighted by Gasteiger charge is 2.22. The van der Waals surface area contributed by atoms with Crippen molar-refractivity contribution in [3.05, 3.63) is 65.7 Å². The maximum Gasteiger partial charge on any atom is 0.144 e. The summed E-state index contributed by atoms with van der Waals surface area (Å²) in [5.41, 5.74) is 3.32. The lowest BCUT2D eigenvalue weighted by Gasteiger charge is -2.29. The van der Waals surface area contributed by atoms with Crippen LogP contribution in [0.15, 0.2) is 59.6 Å². The van der Waals surface area contributed by atoms with E-state index in [0.29, 0.717) is 13.1 Å². The molecule has 0 aliphatic carbocycles. The molecule has 3 nitrogen and oxygen atoms in total. The number of fused-ring (bicyclic) bond motifs is 1. The van der Waals surface area contributed by atoms with Crippen LogP contribution in [0.3, 0.4) is 0 Å². The van der Waals surface area contributed by atoms with Gasteiger partial charge in [0, 0.05) is 24.0 Å². The molecule has 3 heteroatoms.